The van der Waals surface area contributed by atoms with Crippen LogP contribution in [-0.4, -0.2) is 29.9 Å². The summed E-state index contributed by atoms with van der Waals surface area (Å²) in [5.41, 5.74) is 11.9. The molecule has 1 aliphatic carbocycles. The molecular weight excluding hydrogens is 384 g/mol. The molecule has 0 saturated heterocycles. The molecule has 4 rings (SSSR count). The Hall–Kier alpha value is -3.36. The fraction of sp³-hybridized carbons (Fsp3) is 0.308. The molecule has 31 heavy (non-hydrogen) atoms. The average Bonchev–Trinajstić information content (AvgIpc) is 2.78. The van der Waals surface area contributed by atoms with Crippen LogP contribution in [0.5, 0.6) is 0 Å². The second-order valence-electron chi connectivity index (χ2n) is 8.40. The van der Waals surface area contributed by atoms with Gasteiger partial charge in [0.1, 0.15) is 5.82 Å². The van der Waals surface area contributed by atoms with Crippen molar-refractivity contribution < 1.29 is 4.79 Å². The SMILES string of the molecule is CCc1ccc([C@H]2C(C#N)=C(N)N(N(C)C)C3=C2C(=O)C[C@H](c2ccccc2)C3)cc1. The highest BCUT2D eigenvalue weighted by Gasteiger charge is 2.43. The summed E-state index contributed by atoms with van der Waals surface area (Å²) < 4.78 is 0. The molecule has 2 aromatic rings. The standard InChI is InChI=1S/C26H28N4O/c1-4-17-10-12-19(13-11-17)24-21(16-27)26(28)30(29(2)3)22-14-20(15-23(31)25(22)24)18-8-6-5-7-9-18/h5-13,20,24H,4,14-15,28H2,1-3H3/t20-,24+/m1/s1. The predicted octanol–water partition coefficient (Wildman–Crippen LogP) is 4.22. The molecule has 5 heteroatoms. The van der Waals surface area contributed by atoms with Gasteiger partial charge in [0.2, 0.25) is 0 Å². The summed E-state index contributed by atoms with van der Waals surface area (Å²) in [5.74, 6) is 0.157. The third kappa shape index (κ3) is 3.64. The van der Waals surface area contributed by atoms with E-state index in [2.05, 4.69) is 37.3 Å². The van der Waals surface area contributed by atoms with Gasteiger partial charge in [0.05, 0.1) is 17.6 Å². The number of hydrazine groups is 1. The van der Waals surface area contributed by atoms with Crippen molar-refractivity contribution in [1.29, 1.82) is 5.26 Å². The van der Waals surface area contributed by atoms with Crippen LogP contribution in [0.2, 0.25) is 0 Å². The fourth-order valence-electron chi connectivity index (χ4n) is 4.81. The van der Waals surface area contributed by atoms with Crippen LogP contribution in [0.15, 0.2) is 77.3 Å². The number of carbonyl (C=O) groups is 1. The van der Waals surface area contributed by atoms with Gasteiger partial charge in [0.25, 0.3) is 0 Å². The Morgan fingerprint density at radius 3 is 2.32 bits per heavy atom. The highest BCUT2D eigenvalue weighted by atomic mass is 16.1. The normalized spacial score (nSPS) is 21.4. The monoisotopic (exact) mass is 412 g/mol. The molecule has 0 amide bonds. The zero-order valence-corrected chi connectivity index (χ0v) is 18.3. The molecule has 2 atom stereocenters. The van der Waals surface area contributed by atoms with Crippen LogP contribution in [0.3, 0.4) is 0 Å². The van der Waals surface area contributed by atoms with Crippen molar-refractivity contribution in [1.82, 2.24) is 10.0 Å². The van der Waals surface area contributed by atoms with Gasteiger partial charge in [-0.05, 0) is 35.4 Å². The van der Waals surface area contributed by atoms with E-state index >= 15 is 0 Å². The van der Waals surface area contributed by atoms with Gasteiger partial charge in [-0.3, -0.25) is 9.80 Å². The van der Waals surface area contributed by atoms with Crippen LogP contribution < -0.4 is 5.73 Å². The van der Waals surface area contributed by atoms with Crippen LogP contribution in [-0.2, 0) is 11.2 Å². The molecule has 1 heterocycles. The molecule has 2 N–H and O–H groups in total. The largest absolute Gasteiger partial charge is 0.383 e. The Labute approximate surface area is 184 Å². The molecule has 1 aliphatic heterocycles. The maximum Gasteiger partial charge on any atom is 0.162 e. The molecule has 0 spiro atoms. The molecule has 2 aliphatic rings. The Morgan fingerprint density at radius 1 is 1.06 bits per heavy atom. The number of hydrogen-bond acceptors (Lipinski definition) is 5. The van der Waals surface area contributed by atoms with E-state index in [0.29, 0.717) is 29.8 Å². The van der Waals surface area contributed by atoms with Gasteiger partial charge < -0.3 is 5.73 Å². The number of ketones is 1. The topological polar surface area (TPSA) is 73.4 Å². The van der Waals surface area contributed by atoms with Crippen LogP contribution in [0.1, 0.15) is 48.3 Å². The van der Waals surface area contributed by atoms with E-state index in [1.54, 1.807) is 0 Å². The van der Waals surface area contributed by atoms with Crippen molar-refractivity contribution in [2.24, 2.45) is 5.73 Å². The molecular formula is C26H28N4O. The summed E-state index contributed by atoms with van der Waals surface area (Å²) in [7, 11) is 3.78. The number of benzene rings is 2. The van der Waals surface area contributed by atoms with Gasteiger partial charge in [-0.2, -0.15) is 5.26 Å². The first-order valence-electron chi connectivity index (χ1n) is 10.7. The van der Waals surface area contributed by atoms with E-state index in [1.165, 1.54) is 5.56 Å². The molecule has 5 nitrogen and oxygen atoms in total. The second-order valence-corrected chi connectivity index (χ2v) is 8.40. The number of aryl methyl sites for hydroxylation is 1. The second kappa shape index (κ2) is 8.41. The third-order valence-corrected chi connectivity index (χ3v) is 6.33. The zero-order valence-electron chi connectivity index (χ0n) is 18.3. The van der Waals surface area contributed by atoms with Crippen molar-refractivity contribution in [3.8, 4) is 6.07 Å². The summed E-state index contributed by atoms with van der Waals surface area (Å²) in [6, 6.07) is 20.7. The number of nitriles is 1. The van der Waals surface area contributed by atoms with Gasteiger partial charge in [-0.15, -0.1) is 0 Å². The number of hydrogen-bond donors (Lipinski definition) is 1. The molecule has 0 aromatic heterocycles. The number of nitrogens with zero attached hydrogens (tertiary/aromatic N) is 3. The summed E-state index contributed by atoms with van der Waals surface area (Å²) in [6.45, 7) is 2.11. The van der Waals surface area contributed by atoms with E-state index in [9.17, 15) is 10.1 Å². The smallest absolute Gasteiger partial charge is 0.162 e. The lowest BCUT2D eigenvalue weighted by Gasteiger charge is -2.43. The average molecular weight is 413 g/mol. The number of carbonyl (C=O) groups excluding carboxylic acids is 1. The van der Waals surface area contributed by atoms with Gasteiger partial charge in [0, 0.05) is 31.8 Å². The lowest BCUT2D eigenvalue weighted by molar-refractivity contribution is -0.117. The molecule has 0 radical (unpaired) electrons. The lowest BCUT2D eigenvalue weighted by Crippen LogP contribution is -2.46. The van der Waals surface area contributed by atoms with Gasteiger partial charge in [-0.1, -0.05) is 61.5 Å². The lowest BCUT2D eigenvalue weighted by atomic mass is 9.72. The Morgan fingerprint density at radius 2 is 1.74 bits per heavy atom. The van der Waals surface area contributed by atoms with E-state index in [-0.39, 0.29) is 11.7 Å². The summed E-state index contributed by atoms with van der Waals surface area (Å²) in [5, 5.41) is 13.7. The van der Waals surface area contributed by atoms with Gasteiger partial charge >= 0.3 is 0 Å². The van der Waals surface area contributed by atoms with E-state index in [1.807, 2.05) is 54.4 Å². The first-order chi connectivity index (χ1) is 15.0. The quantitative estimate of drug-likeness (QED) is 0.814. The van der Waals surface area contributed by atoms with Crippen LogP contribution in [0.25, 0.3) is 0 Å². The summed E-state index contributed by atoms with van der Waals surface area (Å²) in [6.07, 6.45) is 2.08. The number of rotatable bonds is 4. The predicted molar refractivity (Wildman–Crippen MR) is 121 cm³/mol. The molecule has 158 valence electrons. The van der Waals surface area contributed by atoms with Crippen LogP contribution in [0.4, 0.5) is 0 Å². The molecule has 0 bridgehead atoms. The van der Waals surface area contributed by atoms with Crippen molar-refractivity contribution in [2.75, 3.05) is 14.1 Å². The minimum absolute atomic E-state index is 0.0896. The first-order valence-corrected chi connectivity index (χ1v) is 10.7. The molecule has 0 fully saturated rings. The van der Waals surface area contributed by atoms with E-state index in [0.717, 1.165) is 23.2 Å². The van der Waals surface area contributed by atoms with E-state index < -0.39 is 5.92 Å². The van der Waals surface area contributed by atoms with Crippen LogP contribution in [0, 0.1) is 11.3 Å². The third-order valence-electron chi connectivity index (χ3n) is 6.33. The zero-order chi connectivity index (χ0) is 22.1. The summed E-state index contributed by atoms with van der Waals surface area (Å²) >= 11 is 0. The molecule has 2 aromatic carbocycles. The molecule has 0 saturated carbocycles. The van der Waals surface area contributed by atoms with Crippen molar-refractivity contribution in [3.05, 3.63) is 94.0 Å². The number of allylic oxidation sites excluding steroid dienone is 3. The maximum atomic E-state index is 13.6. The Balaban J connectivity index is 1.87. The van der Waals surface area contributed by atoms with Crippen molar-refractivity contribution in [2.45, 2.75) is 38.0 Å². The van der Waals surface area contributed by atoms with E-state index in [4.69, 9.17) is 5.73 Å². The maximum absolute atomic E-state index is 13.6. The minimum Gasteiger partial charge on any atom is -0.383 e. The minimum atomic E-state index is -0.425. The number of nitrogens with two attached hydrogens (primary N) is 1. The van der Waals surface area contributed by atoms with Crippen LogP contribution >= 0.6 is 0 Å². The summed E-state index contributed by atoms with van der Waals surface area (Å²) in [4.78, 5) is 13.6. The van der Waals surface area contributed by atoms with Gasteiger partial charge in [-0.25, -0.2) is 5.01 Å². The highest BCUT2D eigenvalue weighted by molar-refractivity contribution is 6.00. The Kier molecular flexibility index (Phi) is 5.67. The van der Waals surface area contributed by atoms with Crippen molar-refractivity contribution in [3.63, 3.8) is 0 Å². The number of Topliss-reactive ketones (excluding diaryl/α,β-unsaturated/α-hetero) is 1. The van der Waals surface area contributed by atoms with Gasteiger partial charge in [0.15, 0.2) is 5.78 Å². The molecule has 0 unspecified atom stereocenters. The Bertz CT molecular complexity index is 1090. The van der Waals surface area contributed by atoms with Crippen molar-refractivity contribution >= 4 is 5.78 Å². The highest BCUT2D eigenvalue weighted by Crippen LogP contribution is 2.48. The fourth-order valence-corrected chi connectivity index (χ4v) is 4.81. The first kappa shape index (κ1) is 20.9.